The summed E-state index contributed by atoms with van der Waals surface area (Å²) in [6, 6.07) is 0. The summed E-state index contributed by atoms with van der Waals surface area (Å²) in [5.41, 5.74) is 0. The first-order valence-electron chi connectivity index (χ1n) is 9.99. The van der Waals surface area contributed by atoms with Crippen molar-refractivity contribution in [3.63, 3.8) is 0 Å². The maximum atomic E-state index is 8.95. The highest BCUT2D eigenvalue weighted by Crippen LogP contribution is 2.14. The number of aliphatic hydroxyl groups excluding tert-OH is 1. The van der Waals surface area contributed by atoms with Gasteiger partial charge in [0, 0.05) is 6.61 Å². The number of aliphatic hydroxyl groups is 1. The average Bonchev–Trinajstić information content (AvgIpc) is 2.54. The Morgan fingerprint density at radius 3 is 1.50 bits per heavy atom. The molecular formula is C20H42OS. The molecule has 0 aromatic heterocycles. The van der Waals surface area contributed by atoms with Gasteiger partial charge in [-0.3, -0.25) is 0 Å². The third-order valence-electron chi connectivity index (χ3n) is 4.36. The molecule has 0 saturated carbocycles. The van der Waals surface area contributed by atoms with Crippen LogP contribution in [-0.2, 0) is 0 Å². The van der Waals surface area contributed by atoms with Gasteiger partial charge in [0.05, 0.1) is 0 Å². The van der Waals surface area contributed by atoms with Gasteiger partial charge in [0.2, 0.25) is 0 Å². The number of rotatable bonds is 18. The minimum absolute atomic E-state index is 0.339. The van der Waals surface area contributed by atoms with Crippen LogP contribution in [0.4, 0.5) is 0 Å². The van der Waals surface area contributed by atoms with Crippen molar-refractivity contribution in [2.45, 2.75) is 104 Å². The molecule has 2 heteroatoms. The second-order valence-corrected chi connectivity index (χ2v) is 8.11. The van der Waals surface area contributed by atoms with Crippen molar-refractivity contribution in [3.8, 4) is 0 Å². The summed E-state index contributed by atoms with van der Waals surface area (Å²) in [7, 11) is 0. The molecule has 1 nitrogen and oxygen atoms in total. The topological polar surface area (TPSA) is 20.2 Å². The molecule has 0 aliphatic heterocycles. The highest BCUT2D eigenvalue weighted by Gasteiger charge is 1.99. The Labute approximate surface area is 145 Å². The van der Waals surface area contributed by atoms with E-state index in [1.54, 1.807) is 0 Å². The Hall–Kier alpha value is 0.310. The fourth-order valence-corrected chi connectivity index (χ4v) is 3.82. The molecule has 0 amide bonds. The predicted molar refractivity (Wildman–Crippen MR) is 104 cm³/mol. The summed E-state index contributed by atoms with van der Waals surface area (Å²) < 4.78 is 0. The van der Waals surface area contributed by atoms with E-state index in [0.29, 0.717) is 12.5 Å². The molecule has 0 aliphatic rings. The van der Waals surface area contributed by atoms with E-state index < -0.39 is 0 Å². The van der Waals surface area contributed by atoms with E-state index in [9.17, 15) is 0 Å². The van der Waals surface area contributed by atoms with Gasteiger partial charge in [-0.2, -0.15) is 11.8 Å². The molecular weight excluding hydrogens is 288 g/mol. The molecule has 22 heavy (non-hydrogen) atoms. The molecule has 1 N–H and O–H groups in total. The first-order valence-corrected chi connectivity index (χ1v) is 11.1. The lowest BCUT2D eigenvalue weighted by atomic mass is 10.0. The molecule has 0 heterocycles. The number of thioether (sulfide) groups is 1. The first kappa shape index (κ1) is 22.3. The van der Waals surface area contributed by atoms with Crippen molar-refractivity contribution in [3.05, 3.63) is 0 Å². The Morgan fingerprint density at radius 2 is 1.09 bits per heavy atom. The standard InChI is InChI=1S/C20H42OS/c1-3-4-5-6-7-8-9-10-11-12-13-14-15-16-17-22-19-20(2)18-21/h20-21H,3-19H2,1-2H3. The summed E-state index contributed by atoms with van der Waals surface area (Å²) in [5.74, 6) is 2.87. The van der Waals surface area contributed by atoms with Crippen LogP contribution in [0, 0.1) is 5.92 Å². The van der Waals surface area contributed by atoms with Gasteiger partial charge in [0.15, 0.2) is 0 Å². The van der Waals surface area contributed by atoms with Crippen molar-refractivity contribution in [2.24, 2.45) is 5.92 Å². The van der Waals surface area contributed by atoms with Gasteiger partial charge in [0.25, 0.3) is 0 Å². The van der Waals surface area contributed by atoms with Gasteiger partial charge in [0.1, 0.15) is 0 Å². The van der Waals surface area contributed by atoms with Crippen LogP contribution in [0.2, 0.25) is 0 Å². The van der Waals surface area contributed by atoms with E-state index in [4.69, 9.17) is 5.11 Å². The second-order valence-electron chi connectivity index (χ2n) is 6.96. The van der Waals surface area contributed by atoms with Crippen LogP contribution >= 0.6 is 11.8 Å². The van der Waals surface area contributed by atoms with Gasteiger partial charge in [-0.25, -0.2) is 0 Å². The van der Waals surface area contributed by atoms with Crippen LogP contribution in [0.5, 0.6) is 0 Å². The van der Waals surface area contributed by atoms with E-state index in [1.165, 1.54) is 95.6 Å². The Bertz CT molecular complexity index is 196. The zero-order chi connectivity index (χ0) is 16.3. The SMILES string of the molecule is CCCCCCCCCCCCCCCCSCC(C)CO. The third kappa shape index (κ3) is 18.4. The maximum absolute atomic E-state index is 8.95. The fourth-order valence-electron chi connectivity index (χ4n) is 2.74. The summed E-state index contributed by atoms with van der Waals surface area (Å²) in [5, 5.41) is 8.95. The lowest BCUT2D eigenvalue weighted by Crippen LogP contribution is -2.03. The molecule has 1 unspecified atom stereocenters. The number of hydrogen-bond donors (Lipinski definition) is 1. The van der Waals surface area contributed by atoms with Crippen molar-refractivity contribution in [1.82, 2.24) is 0 Å². The Kier molecular flexibility index (Phi) is 19.6. The summed E-state index contributed by atoms with van der Waals surface area (Å²) in [6.45, 7) is 4.75. The van der Waals surface area contributed by atoms with Crippen molar-refractivity contribution in [1.29, 1.82) is 0 Å². The smallest absolute Gasteiger partial charge is 0.0464 e. The molecule has 0 fully saturated rings. The van der Waals surface area contributed by atoms with Crippen LogP contribution in [0.1, 0.15) is 104 Å². The van der Waals surface area contributed by atoms with Crippen LogP contribution in [0.25, 0.3) is 0 Å². The predicted octanol–water partition coefficient (Wildman–Crippen LogP) is 6.83. The average molecular weight is 331 g/mol. The van der Waals surface area contributed by atoms with Gasteiger partial charge in [-0.05, 0) is 23.8 Å². The van der Waals surface area contributed by atoms with Crippen LogP contribution in [0.3, 0.4) is 0 Å². The van der Waals surface area contributed by atoms with Gasteiger partial charge in [-0.15, -0.1) is 0 Å². The van der Waals surface area contributed by atoms with E-state index in [1.807, 2.05) is 11.8 Å². The Balaban J connectivity index is 2.97. The highest BCUT2D eigenvalue weighted by atomic mass is 32.2. The zero-order valence-corrected chi connectivity index (χ0v) is 16.3. The fraction of sp³-hybridized carbons (Fsp3) is 1.00. The lowest BCUT2D eigenvalue weighted by molar-refractivity contribution is 0.250. The second kappa shape index (κ2) is 19.4. The molecule has 0 saturated heterocycles. The molecule has 134 valence electrons. The monoisotopic (exact) mass is 330 g/mol. The molecule has 0 rings (SSSR count). The molecule has 0 aromatic rings. The number of hydrogen-bond acceptors (Lipinski definition) is 2. The Morgan fingerprint density at radius 1 is 0.682 bits per heavy atom. The molecule has 0 aliphatic carbocycles. The van der Waals surface area contributed by atoms with E-state index in [-0.39, 0.29) is 0 Å². The first-order chi connectivity index (χ1) is 10.8. The lowest BCUT2D eigenvalue weighted by Gasteiger charge is -2.06. The number of unbranched alkanes of at least 4 members (excludes halogenated alkanes) is 13. The van der Waals surface area contributed by atoms with Gasteiger partial charge >= 0.3 is 0 Å². The van der Waals surface area contributed by atoms with Crippen molar-refractivity contribution < 1.29 is 5.11 Å². The van der Waals surface area contributed by atoms with E-state index in [0.717, 1.165) is 5.75 Å². The van der Waals surface area contributed by atoms with Crippen LogP contribution < -0.4 is 0 Å². The van der Waals surface area contributed by atoms with Crippen molar-refractivity contribution in [2.75, 3.05) is 18.1 Å². The molecule has 0 aromatic carbocycles. The maximum Gasteiger partial charge on any atom is 0.0464 e. The van der Waals surface area contributed by atoms with E-state index >= 15 is 0 Å². The molecule has 1 atom stereocenters. The van der Waals surface area contributed by atoms with Crippen LogP contribution in [-0.4, -0.2) is 23.2 Å². The zero-order valence-electron chi connectivity index (χ0n) is 15.5. The minimum atomic E-state index is 0.339. The normalized spacial score (nSPS) is 12.7. The largest absolute Gasteiger partial charge is 0.396 e. The molecule has 0 spiro atoms. The minimum Gasteiger partial charge on any atom is -0.396 e. The highest BCUT2D eigenvalue weighted by molar-refractivity contribution is 7.99. The summed E-state index contributed by atoms with van der Waals surface area (Å²) in [4.78, 5) is 0. The van der Waals surface area contributed by atoms with E-state index in [2.05, 4.69) is 13.8 Å². The van der Waals surface area contributed by atoms with Gasteiger partial charge < -0.3 is 5.11 Å². The van der Waals surface area contributed by atoms with Crippen molar-refractivity contribution >= 4 is 11.8 Å². The summed E-state index contributed by atoms with van der Waals surface area (Å²) in [6.07, 6.45) is 20.1. The quantitative estimate of drug-likeness (QED) is 0.278. The van der Waals surface area contributed by atoms with Gasteiger partial charge in [-0.1, -0.05) is 97.3 Å². The third-order valence-corrected chi connectivity index (χ3v) is 5.74. The van der Waals surface area contributed by atoms with Crippen LogP contribution in [0.15, 0.2) is 0 Å². The molecule has 0 radical (unpaired) electrons. The molecule has 0 bridgehead atoms. The summed E-state index contributed by atoms with van der Waals surface area (Å²) >= 11 is 2.01.